The first-order valence-corrected chi connectivity index (χ1v) is 5.99. The zero-order valence-electron chi connectivity index (χ0n) is 9.61. The molecule has 0 amide bonds. The number of aryl methyl sites for hydroxylation is 1. The summed E-state index contributed by atoms with van der Waals surface area (Å²) in [5.41, 5.74) is 2.59. The standard InChI is InChI=1S/C13H13BrO3/c1-8-5-10(3-4-12(16)17)7-11(6-8)13(14)9(2)15/h3-7,13H,1-2H3,(H,16,17)/b4-3+. The van der Waals surface area contributed by atoms with Crippen LogP contribution in [0.15, 0.2) is 24.3 Å². The molecule has 1 unspecified atom stereocenters. The first-order valence-electron chi connectivity index (χ1n) is 5.07. The summed E-state index contributed by atoms with van der Waals surface area (Å²) in [5, 5.41) is 8.56. The van der Waals surface area contributed by atoms with Gasteiger partial charge in [-0.15, -0.1) is 0 Å². The van der Waals surface area contributed by atoms with E-state index in [4.69, 9.17) is 5.11 Å². The normalized spacial score (nSPS) is 12.6. The molecule has 0 spiro atoms. The second kappa shape index (κ2) is 5.77. The summed E-state index contributed by atoms with van der Waals surface area (Å²) in [5.74, 6) is -0.973. The molecule has 1 aromatic rings. The van der Waals surface area contributed by atoms with Crippen molar-refractivity contribution in [2.24, 2.45) is 0 Å². The number of carboxylic acids is 1. The van der Waals surface area contributed by atoms with E-state index in [1.54, 1.807) is 6.07 Å². The summed E-state index contributed by atoms with van der Waals surface area (Å²) in [6.07, 6.45) is 2.59. The quantitative estimate of drug-likeness (QED) is 0.686. The van der Waals surface area contributed by atoms with Crippen LogP contribution in [-0.2, 0) is 9.59 Å². The van der Waals surface area contributed by atoms with Gasteiger partial charge in [-0.05, 0) is 31.1 Å². The highest BCUT2D eigenvalue weighted by Gasteiger charge is 2.13. The van der Waals surface area contributed by atoms with Gasteiger partial charge in [-0.2, -0.15) is 0 Å². The van der Waals surface area contributed by atoms with Gasteiger partial charge in [-0.3, -0.25) is 4.79 Å². The van der Waals surface area contributed by atoms with Gasteiger partial charge >= 0.3 is 5.97 Å². The lowest BCUT2D eigenvalue weighted by molar-refractivity contribution is -0.131. The average molecular weight is 297 g/mol. The van der Waals surface area contributed by atoms with Crippen LogP contribution in [0.2, 0.25) is 0 Å². The van der Waals surface area contributed by atoms with E-state index in [-0.39, 0.29) is 10.6 Å². The van der Waals surface area contributed by atoms with Crippen LogP contribution in [0.4, 0.5) is 0 Å². The molecular formula is C13H13BrO3. The van der Waals surface area contributed by atoms with Crippen molar-refractivity contribution in [3.8, 4) is 0 Å². The smallest absolute Gasteiger partial charge is 0.328 e. The molecular weight excluding hydrogens is 284 g/mol. The van der Waals surface area contributed by atoms with E-state index in [2.05, 4.69) is 15.9 Å². The summed E-state index contributed by atoms with van der Waals surface area (Å²) in [6, 6.07) is 5.56. The first kappa shape index (κ1) is 13.6. The number of carboxylic acid groups (broad SMARTS) is 1. The summed E-state index contributed by atoms with van der Waals surface area (Å²) >= 11 is 3.31. The van der Waals surface area contributed by atoms with E-state index in [9.17, 15) is 9.59 Å². The van der Waals surface area contributed by atoms with Crippen molar-refractivity contribution in [3.05, 3.63) is 41.0 Å². The van der Waals surface area contributed by atoms with Crippen molar-refractivity contribution in [1.29, 1.82) is 0 Å². The van der Waals surface area contributed by atoms with E-state index in [0.717, 1.165) is 22.8 Å². The molecule has 17 heavy (non-hydrogen) atoms. The fourth-order valence-corrected chi connectivity index (χ4v) is 1.75. The number of benzene rings is 1. The lowest BCUT2D eigenvalue weighted by Crippen LogP contribution is -2.01. The zero-order chi connectivity index (χ0) is 13.0. The third-order valence-corrected chi connectivity index (χ3v) is 3.36. The van der Waals surface area contributed by atoms with Crippen LogP contribution < -0.4 is 0 Å². The second-order valence-electron chi connectivity index (χ2n) is 3.82. The van der Waals surface area contributed by atoms with Gasteiger partial charge in [0.15, 0.2) is 0 Å². The molecule has 0 heterocycles. The fourth-order valence-electron chi connectivity index (χ4n) is 1.49. The molecule has 0 aliphatic carbocycles. The molecule has 1 aromatic carbocycles. The molecule has 0 saturated heterocycles. The van der Waals surface area contributed by atoms with Crippen LogP contribution in [0.3, 0.4) is 0 Å². The van der Waals surface area contributed by atoms with Crippen molar-refractivity contribution < 1.29 is 14.7 Å². The Kier molecular flexibility index (Phi) is 4.63. The highest BCUT2D eigenvalue weighted by molar-refractivity contribution is 9.09. The topological polar surface area (TPSA) is 54.4 Å². The number of rotatable bonds is 4. The number of Topliss-reactive ketones (excluding diaryl/α,β-unsaturated/α-hetero) is 1. The van der Waals surface area contributed by atoms with Crippen molar-refractivity contribution >= 4 is 33.8 Å². The first-order chi connectivity index (χ1) is 7.90. The summed E-state index contributed by atoms with van der Waals surface area (Å²) in [4.78, 5) is 21.4. The number of carbonyl (C=O) groups excluding carboxylic acids is 1. The Hall–Kier alpha value is -1.42. The largest absolute Gasteiger partial charge is 0.478 e. The molecule has 0 bridgehead atoms. The Morgan fingerprint density at radius 1 is 1.35 bits per heavy atom. The lowest BCUT2D eigenvalue weighted by Gasteiger charge is -2.08. The molecule has 0 aliphatic rings. The van der Waals surface area contributed by atoms with Gasteiger partial charge in [0.2, 0.25) is 0 Å². The van der Waals surface area contributed by atoms with Gasteiger partial charge in [0.1, 0.15) is 5.78 Å². The van der Waals surface area contributed by atoms with Crippen LogP contribution in [0, 0.1) is 6.92 Å². The van der Waals surface area contributed by atoms with Crippen LogP contribution in [0.1, 0.15) is 28.4 Å². The third kappa shape index (κ3) is 4.15. The molecule has 1 rings (SSSR count). The number of alkyl halides is 1. The molecule has 0 aliphatic heterocycles. The monoisotopic (exact) mass is 296 g/mol. The molecule has 4 heteroatoms. The number of hydrogen-bond donors (Lipinski definition) is 1. The van der Waals surface area contributed by atoms with Gasteiger partial charge in [0, 0.05) is 6.08 Å². The Balaban J connectivity index is 3.10. The van der Waals surface area contributed by atoms with E-state index >= 15 is 0 Å². The Bertz CT molecular complexity index is 478. The van der Waals surface area contributed by atoms with Gasteiger partial charge in [-0.1, -0.05) is 39.7 Å². The van der Waals surface area contributed by atoms with Gasteiger partial charge < -0.3 is 5.11 Å². The number of carbonyl (C=O) groups is 2. The van der Waals surface area contributed by atoms with Gasteiger partial charge in [0.05, 0.1) is 4.83 Å². The maximum Gasteiger partial charge on any atom is 0.328 e. The summed E-state index contributed by atoms with van der Waals surface area (Å²) in [6.45, 7) is 3.41. The third-order valence-electron chi connectivity index (χ3n) is 2.19. The molecule has 0 aromatic heterocycles. The van der Waals surface area contributed by atoms with Crippen LogP contribution in [0.25, 0.3) is 6.08 Å². The number of hydrogen-bond acceptors (Lipinski definition) is 2. The lowest BCUT2D eigenvalue weighted by atomic mass is 10.0. The number of halogens is 1. The van der Waals surface area contributed by atoms with E-state index in [1.165, 1.54) is 13.0 Å². The number of ketones is 1. The molecule has 0 fully saturated rings. The van der Waals surface area contributed by atoms with E-state index < -0.39 is 5.97 Å². The van der Waals surface area contributed by atoms with Crippen LogP contribution >= 0.6 is 15.9 Å². The predicted molar refractivity (Wildman–Crippen MR) is 70.2 cm³/mol. The van der Waals surface area contributed by atoms with Crippen molar-refractivity contribution in [2.45, 2.75) is 18.7 Å². The minimum Gasteiger partial charge on any atom is -0.478 e. The van der Waals surface area contributed by atoms with Crippen LogP contribution in [0.5, 0.6) is 0 Å². The number of aliphatic carboxylic acids is 1. The predicted octanol–water partition coefficient (Wildman–Crippen LogP) is 3.12. The summed E-state index contributed by atoms with van der Waals surface area (Å²) in [7, 11) is 0. The second-order valence-corrected chi connectivity index (χ2v) is 4.74. The molecule has 90 valence electrons. The molecule has 3 nitrogen and oxygen atoms in total. The Morgan fingerprint density at radius 2 is 2.00 bits per heavy atom. The van der Waals surface area contributed by atoms with E-state index in [1.807, 2.05) is 19.1 Å². The molecule has 1 N–H and O–H groups in total. The average Bonchev–Trinajstić information content (AvgIpc) is 2.24. The van der Waals surface area contributed by atoms with E-state index in [0.29, 0.717) is 0 Å². The van der Waals surface area contributed by atoms with Gasteiger partial charge in [-0.25, -0.2) is 4.79 Å². The zero-order valence-corrected chi connectivity index (χ0v) is 11.2. The summed E-state index contributed by atoms with van der Waals surface area (Å²) < 4.78 is 0. The Morgan fingerprint density at radius 3 is 2.53 bits per heavy atom. The maximum atomic E-state index is 11.3. The molecule has 0 saturated carbocycles. The van der Waals surface area contributed by atoms with Crippen LogP contribution in [-0.4, -0.2) is 16.9 Å². The minimum atomic E-state index is -0.991. The molecule has 1 atom stereocenters. The highest BCUT2D eigenvalue weighted by atomic mass is 79.9. The van der Waals surface area contributed by atoms with Crippen molar-refractivity contribution in [2.75, 3.05) is 0 Å². The SMILES string of the molecule is CC(=O)C(Br)c1cc(C)cc(/C=C/C(=O)O)c1. The van der Waals surface area contributed by atoms with Gasteiger partial charge in [0.25, 0.3) is 0 Å². The molecule has 0 radical (unpaired) electrons. The van der Waals surface area contributed by atoms with Crippen molar-refractivity contribution in [3.63, 3.8) is 0 Å². The minimum absolute atomic E-state index is 0.0174. The maximum absolute atomic E-state index is 11.3. The Labute approximate surface area is 108 Å². The highest BCUT2D eigenvalue weighted by Crippen LogP contribution is 2.26. The van der Waals surface area contributed by atoms with Crippen molar-refractivity contribution in [1.82, 2.24) is 0 Å². The fraction of sp³-hybridized carbons (Fsp3) is 0.231.